The Hall–Kier alpha value is -3.02. The van der Waals surface area contributed by atoms with Crippen molar-refractivity contribution in [2.75, 3.05) is 13.7 Å². The van der Waals surface area contributed by atoms with Gasteiger partial charge in [0.05, 0.1) is 7.11 Å². The normalized spacial score (nSPS) is 13.1. The van der Waals surface area contributed by atoms with Crippen LogP contribution in [0.5, 0.6) is 11.5 Å². The summed E-state index contributed by atoms with van der Waals surface area (Å²) in [5.74, 6) is 0.937. The molecule has 2 aromatic rings. The van der Waals surface area contributed by atoms with E-state index in [9.17, 15) is 9.59 Å². The smallest absolute Gasteiger partial charge is 0.261 e. The number of nitrogens with one attached hydrogen (secondary N) is 1. The highest BCUT2D eigenvalue weighted by atomic mass is 16.5. The standard InChI is InChI=1S/C27H38N2O4/c1-8-19(2)28-26(31)20(3)29(17-21-12-11-13-22(16-21)32-7)25(30)18-33-24-15-10-9-14-23(24)27(4,5)6/h9-16,19-20H,8,17-18H2,1-7H3,(H,28,31)/t19-,20+/m0/s1. The van der Waals surface area contributed by atoms with Crippen LogP contribution >= 0.6 is 0 Å². The molecule has 33 heavy (non-hydrogen) atoms. The summed E-state index contributed by atoms with van der Waals surface area (Å²) in [4.78, 5) is 27.7. The molecule has 1 N–H and O–H groups in total. The van der Waals surface area contributed by atoms with Gasteiger partial charge in [-0.05, 0) is 55.0 Å². The summed E-state index contributed by atoms with van der Waals surface area (Å²) in [6.45, 7) is 12.1. The van der Waals surface area contributed by atoms with E-state index in [0.717, 1.165) is 17.5 Å². The van der Waals surface area contributed by atoms with E-state index in [1.54, 1.807) is 18.9 Å². The molecule has 2 atom stereocenters. The van der Waals surface area contributed by atoms with E-state index >= 15 is 0 Å². The third kappa shape index (κ3) is 7.52. The zero-order valence-corrected chi connectivity index (χ0v) is 21.0. The number of methoxy groups -OCH3 is 1. The Morgan fingerprint density at radius 3 is 2.39 bits per heavy atom. The van der Waals surface area contributed by atoms with Gasteiger partial charge in [0.15, 0.2) is 6.61 Å². The maximum atomic E-state index is 13.3. The van der Waals surface area contributed by atoms with Crippen LogP contribution < -0.4 is 14.8 Å². The summed E-state index contributed by atoms with van der Waals surface area (Å²) in [5.41, 5.74) is 1.78. The fourth-order valence-electron chi connectivity index (χ4n) is 3.45. The predicted molar refractivity (Wildman–Crippen MR) is 132 cm³/mol. The first-order chi connectivity index (χ1) is 15.6. The molecule has 0 heterocycles. The van der Waals surface area contributed by atoms with Gasteiger partial charge in [-0.2, -0.15) is 0 Å². The van der Waals surface area contributed by atoms with E-state index < -0.39 is 6.04 Å². The molecule has 0 aliphatic rings. The number of para-hydroxylation sites is 1. The fourth-order valence-corrected chi connectivity index (χ4v) is 3.45. The Balaban J connectivity index is 2.25. The topological polar surface area (TPSA) is 67.9 Å². The quantitative estimate of drug-likeness (QED) is 0.565. The number of amides is 2. The highest BCUT2D eigenvalue weighted by molar-refractivity contribution is 5.88. The van der Waals surface area contributed by atoms with Crippen molar-refractivity contribution in [3.05, 3.63) is 59.7 Å². The van der Waals surface area contributed by atoms with E-state index in [0.29, 0.717) is 11.5 Å². The van der Waals surface area contributed by atoms with Crippen LogP contribution in [0.25, 0.3) is 0 Å². The molecule has 0 aliphatic carbocycles. The molecule has 2 aromatic carbocycles. The van der Waals surface area contributed by atoms with E-state index in [1.165, 1.54) is 0 Å². The lowest BCUT2D eigenvalue weighted by atomic mass is 9.86. The van der Waals surface area contributed by atoms with Crippen LogP contribution in [0, 0.1) is 0 Å². The lowest BCUT2D eigenvalue weighted by molar-refractivity contribution is -0.142. The summed E-state index contributed by atoms with van der Waals surface area (Å²) in [7, 11) is 1.60. The van der Waals surface area contributed by atoms with Gasteiger partial charge in [-0.3, -0.25) is 9.59 Å². The molecule has 6 nitrogen and oxygen atoms in total. The first-order valence-electron chi connectivity index (χ1n) is 11.5. The number of hydrogen-bond acceptors (Lipinski definition) is 4. The highest BCUT2D eigenvalue weighted by Gasteiger charge is 2.28. The summed E-state index contributed by atoms with van der Waals surface area (Å²) >= 11 is 0. The number of rotatable bonds is 10. The van der Waals surface area contributed by atoms with Crippen molar-refractivity contribution in [3.63, 3.8) is 0 Å². The molecule has 0 aromatic heterocycles. The molecule has 180 valence electrons. The second kappa shape index (κ2) is 11.7. The Labute approximate surface area is 198 Å². The average molecular weight is 455 g/mol. The summed E-state index contributed by atoms with van der Waals surface area (Å²) in [5, 5.41) is 2.98. The van der Waals surface area contributed by atoms with Crippen molar-refractivity contribution in [2.45, 2.75) is 72.0 Å². The van der Waals surface area contributed by atoms with Gasteiger partial charge >= 0.3 is 0 Å². The number of carbonyl (C=O) groups is 2. The third-order valence-electron chi connectivity index (χ3n) is 5.70. The molecular weight excluding hydrogens is 416 g/mol. The molecule has 0 aliphatic heterocycles. The fraction of sp³-hybridized carbons (Fsp3) is 0.481. The van der Waals surface area contributed by atoms with E-state index in [4.69, 9.17) is 9.47 Å². The summed E-state index contributed by atoms with van der Waals surface area (Å²) < 4.78 is 11.3. The molecule has 0 saturated carbocycles. The minimum Gasteiger partial charge on any atom is -0.497 e. The molecule has 0 saturated heterocycles. The van der Waals surface area contributed by atoms with Crippen molar-refractivity contribution >= 4 is 11.8 Å². The molecule has 0 unspecified atom stereocenters. The number of nitrogens with zero attached hydrogens (tertiary/aromatic N) is 1. The second-order valence-electron chi connectivity index (χ2n) is 9.40. The van der Waals surface area contributed by atoms with Crippen molar-refractivity contribution in [2.24, 2.45) is 0 Å². The van der Waals surface area contributed by atoms with Crippen LogP contribution in [0.4, 0.5) is 0 Å². The van der Waals surface area contributed by atoms with Gasteiger partial charge < -0.3 is 19.7 Å². The Morgan fingerprint density at radius 1 is 1.06 bits per heavy atom. The molecule has 0 fully saturated rings. The van der Waals surface area contributed by atoms with Crippen LogP contribution in [0.3, 0.4) is 0 Å². The van der Waals surface area contributed by atoms with Crippen molar-refractivity contribution in [1.29, 1.82) is 0 Å². The highest BCUT2D eigenvalue weighted by Crippen LogP contribution is 2.31. The zero-order chi connectivity index (χ0) is 24.6. The minimum atomic E-state index is -0.654. The Bertz CT molecular complexity index is 936. The van der Waals surface area contributed by atoms with Crippen molar-refractivity contribution in [1.82, 2.24) is 10.2 Å². The first kappa shape index (κ1) is 26.2. The lowest BCUT2D eigenvalue weighted by Gasteiger charge is -2.30. The van der Waals surface area contributed by atoms with Gasteiger partial charge in [0.1, 0.15) is 17.5 Å². The maximum Gasteiger partial charge on any atom is 0.261 e. The number of ether oxygens (including phenoxy) is 2. The first-order valence-corrected chi connectivity index (χ1v) is 11.5. The lowest BCUT2D eigenvalue weighted by Crippen LogP contribution is -2.50. The van der Waals surface area contributed by atoms with Crippen LogP contribution in [-0.4, -0.2) is 42.5 Å². The molecule has 0 spiro atoms. The molecule has 6 heteroatoms. The number of benzene rings is 2. The van der Waals surface area contributed by atoms with Crippen LogP contribution in [0.1, 0.15) is 59.1 Å². The predicted octanol–water partition coefficient (Wildman–Crippen LogP) is 4.70. The van der Waals surface area contributed by atoms with E-state index in [2.05, 4.69) is 26.1 Å². The van der Waals surface area contributed by atoms with Gasteiger partial charge in [-0.1, -0.05) is 58.0 Å². The minimum absolute atomic E-state index is 0.0311. The van der Waals surface area contributed by atoms with E-state index in [1.807, 2.05) is 62.4 Å². The monoisotopic (exact) mass is 454 g/mol. The van der Waals surface area contributed by atoms with Crippen LogP contribution in [-0.2, 0) is 21.5 Å². The second-order valence-corrected chi connectivity index (χ2v) is 9.40. The van der Waals surface area contributed by atoms with Gasteiger partial charge in [0, 0.05) is 12.6 Å². The van der Waals surface area contributed by atoms with Crippen LogP contribution in [0.15, 0.2) is 48.5 Å². The van der Waals surface area contributed by atoms with Gasteiger partial charge in [0.2, 0.25) is 5.91 Å². The average Bonchev–Trinajstić information content (AvgIpc) is 2.80. The Kier molecular flexibility index (Phi) is 9.32. The van der Waals surface area contributed by atoms with Crippen molar-refractivity contribution in [3.8, 4) is 11.5 Å². The third-order valence-corrected chi connectivity index (χ3v) is 5.70. The molecular formula is C27H38N2O4. The number of hydrogen-bond donors (Lipinski definition) is 1. The van der Waals surface area contributed by atoms with Gasteiger partial charge in [0.25, 0.3) is 5.91 Å². The van der Waals surface area contributed by atoms with Gasteiger partial charge in [-0.15, -0.1) is 0 Å². The van der Waals surface area contributed by atoms with E-state index in [-0.39, 0.29) is 36.4 Å². The Morgan fingerprint density at radius 2 is 1.76 bits per heavy atom. The SMILES string of the molecule is CC[C@H](C)NC(=O)[C@@H](C)N(Cc1cccc(OC)c1)C(=O)COc1ccccc1C(C)(C)C. The zero-order valence-electron chi connectivity index (χ0n) is 21.0. The van der Waals surface area contributed by atoms with Crippen LogP contribution in [0.2, 0.25) is 0 Å². The molecule has 2 amide bonds. The largest absolute Gasteiger partial charge is 0.497 e. The number of carbonyl (C=O) groups excluding carboxylic acids is 2. The molecule has 0 radical (unpaired) electrons. The van der Waals surface area contributed by atoms with Gasteiger partial charge in [-0.25, -0.2) is 0 Å². The molecule has 0 bridgehead atoms. The summed E-state index contributed by atoms with van der Waals surface area (Å²) in [6, 6.07) is 14.6. The van der Waals surface area contributed by atoms with Crippen molar-refractivity contribution < 1.29 is 19.1 Å². The maximum absolute atomic E-state index is 13.3. The molecule has 2 rings (SSSR count). The summed E-state index contributed by atoms with van der Waals surface area (Å²) in [6.07, 6.45) is 0.814.